The van der Waals surface area contributed by atoms with Crippen molar-refractivity contribution in [3.8, 4) is 5.75 Å². The summed E-state index contributed by atoms with van der Waals surface area (Å²) in [5.41, 5.74) is 21.9. The van der Waals surface area contributed by atoms with Gasteiger partial charge in [0.1, 0.15) is 5.75 Å². The van der Waals surface area contributed by atoms with E-state index in [1.807, 2.05) is 0 Å². The highest BCUT2D eigenvalue weighted by Gasteiger charge is 2.27. The van der Waals surface area contributed by atoms with E-state index in [4.69, 9.17) is 4.74 Å². The molecule has 3 heteroatoms. The summed E-state index contributed by atoms with van der Waals surface area (Å²) in [6.07, 6.45) is 14.4. The standard InChI is InChI=1S/2C13H19N.2C13H18.C12H16.C11H14O.CH4/c1-10(2)12-6-4-5-11-9-14(3)8-7-13(11)12;1-10(2)13-9-14(3)8-11-6-4-5-7-12(11)13;2*1-10(2)12-9-5-7-11-6-3-4-8-13(11)12;1-9(2)11-8-7-10-5-3-4-6-12(10)11;1-8(2)9-4-3-5-11-10(9)6-7-12-11;/h4-6,10H,7-9H2,1-3H3;4-7,10,13H,8-9H2,1-3H3;5,7,9-10H,3-4,6,8H2,1-2H3;3-4,6,8,10,12H,5,7,9H2,1-2H3;3-6,9,11H,7-8H2,1-2H3;3-5,8H,6-7H2,1-2H3;1H4. The van der Waals surface area contributed by atoms with Crippen molar-refractivity contribution < 1.29 is 4.74 Å². The molecule has 3 atom stereocenters. The molecule has 0 saturated carbocycles. The first-order valence-electron chi connectivity index (χ1n) is 31.1. The SMILES string of the molecule is C.CC(C)C1CCCc2ccccc21.CC(C)C1CCc2ccccc21.CC(C)C1CN(C)Cc2ccccc21.CC(C)c1cccc2c1CCCC2.CC(C)c1cccc2c1CCN(C)C2.CC(C)c1cccc2c1CCO2. The summed E-state index contributed by atoms with van der Waals surface area (Å²) < 4.78 is 5.49. The highest BCUT2D eigenvalue weighted by Crippen LogP contribution is 2.39. The summed E-state index contributed by atoms with van der Waals surface area (Å²) in [5, 5.41) is 0. The smallest absolute Gasteiger partial charge is 0.122 e. The summed E-state index contributed by atoms with van der Waals surface area (Å²) in [6, 6.07) is 46.7. The van der Waals surface area contributed by atoms with Crippen LogP contribution in [0.3, 0.4) is 0 Å². The van der Waals surface area contributed by atoms with Gasteiger partial charge in [-0.15, -0.1) is 0 Å². The number of aryl methyl sites for hydroxylation is 3. The number of benzene rings is 6. The van der Waals surface area contributed by atoms with Crippen LogP contribution in [0, 0.1) is 17.8 Å². The van der Waals surface area contributed by atoms with Gasteiger partial charge in [-0.05, 0) is 210 Å². The molecule has 6 aliphatic rings. The van der Waals surface area contributed by atoms with Gasteiger partial charge in [0, 0.05) is 38.2 Å². The maximum absolute atomic E-state index is 5.49. The molecule has 6 aromatic rings. The predicted molar refractivity (Wildman–Crippen MR) is 344 cm³/mol. The second-order valence-electron chi connectivity index (χ2n) is 25.8. The van der Waals surface area contributed by atoms with Crippen molar-refractivity contribution in [1.29, 1.82) is 0 Å². The van der Waals surface area contributed by atoms with E-state index < -0.39 is 0 Å². The molecule has 3 unspecified atom stereocenters. The van der Waals surface area contributed by atoms with E-state index in [1.54, 1.807) is 55.6 Å². The lowest BCUT2D eigenvalue weighted by molar-refractivity contribution is 0.253. The maximum atomic E-state index is 5.49. The van der Waals surface area contributed by atoms with Crippen molar-refractivity contribution in [2.24, 2.45) is 17.8 Å². The van der Waals surface area contributed by atoms with Crippen molar-refractivity contribution >= 4 is 0 Å². The number of likely N-dealkylation sites (N-methyl/N-ethyl adjacent to an activating group) is 2. The molecule has 0 bridgehead atoms. The van der Waals surface area contributed by atoms with Crippen LogP contribution in [0.25, 0.3) is 0 Å². The molecule has 0 N–H and O–H groups in total. The lowest BCUT2D eigenvalue weighted by Crippen LogP contribution is -2.32. The quantitative estimate of drug-likeness (QED) is 0.165. The van der Waals surface area contributed by atoms with Gasteiger partial charge in [0.25, 0.3) is 0 Å². The number of hydrogen-bond acceptors (Lipinski definition) is 3. The van der Waals surface area contributed by atoms with Gasteiger partial charge in [0.2, 0.25) is 0 Å². The molecule has 6 aromatic carbocycles. The van der Waals surface area contributed by atoms with Gasteiger partial charge in [-0.2, -0.15) is 0 Å². The van der Waals surface area contributed by atoms with Crippen LogP contribution in [0.15, 0.2) is 127 Å². The number of fused-ring (bicyclic) bond motifs is 6. The van der Waals surface area contributed by atoms with Gasteiger partial charge in [0.05, 0.1) is 6.61 Å². The highest BCUT2D eigenvalue weighted by molar-refractivity contribution is 5.44. The summed E-state index contributed by atoms with van der Waals surface area (Å²) in [5.74, 6) is 7.73. The molecule has 79 heavy (non-hydrogen) atoms. The molecule has 428 valence electrons. The van der Waals surface area contributed by atoms with Gasteiger partial charge in [-0.1, -0.05) is 212 Å². The van der Waals surface area contributed by atoms with Crippen LogP contribution in [0.4, 0.5) is 0 Å². The zero-order valence-electron chi connectivity index (χ0n) is 51.4. The second-order valence-corrected chi connectivity index (χ2v) is 25.8. The molecule has 0 aromatic heterocycles. The van der Waals surface area contributed by atoms with Crippen LogP contribution < -0.4 is 4.74 Å². The number of hydrogen-bond donors (Lipinski definition) is 0. The zero-order valence-corrected chi connectivity index (χ0v) is 51.4. The average Bonchev–Trinajstić information content (AvgIpc) is 4.12. The summed E-state index contributed by atoms with van der Waals surface area (Å²) in [4.78, 5) is 4.82. The van der Waals surface area contributed by atoms with Gasteiger partial charge in [-0.3, -0.25) is 0 Å². The van der Waals surface area contributed by atoms with Crippen molar-refractivity contribution in [2.75, 3.05) is 33.8 Å². The summed E-state index contributed by atoms with van der Waals surface area (Å²) in [7, 11) is 4.41. The Morgan fingerprint density at radius 1 is 0.380 bits per heavy atom. The fraction of sp³-hybridized carbons (Fsp3) is 0.526. The molecular weight excluding hydrogens is 957 g/mol. The normalized spacial score (nSPS) is 18.7. The topological polar surface area (TPSA) is 15.7 Å². The van der Waals surface area contributed by atoms with Crippen molar-refractivity contribution in [3.05, 3.63) is 205 Å². The van der Waals surface area contributed by atoms with E-state index in [1.165, 1.54) is 99.6 Å². The van der Waals surface area contributed by atoms with Crippen LogP contribution in [0.1, 0.15) is 236 Å². The number of ether oxygens (including phenoxy) is 1. The largest absolute Gasteiger partial charge is 0.493 e. The molecule has 3 nitrogen and oxygen atoms in total. The first-order chi connectivity index (χ1) is 37.5. The molecule has 3 aliphatic carbocycles. The molecule has 3 aliphatic heterocycles. The van der Waals surface area contributed by atoms with E-state index in [-0.39, 0.29) is 7.43 Å². The Hall–Kier alpha value is -4.96. The summed E-state index contributed by atoms with van der Waals surface area (Å²) >= 11 is 0. The van der Waals surface area contributed by atoms with E-state index in [0.717, 1.165) is 61.5 Å². The van der Waals surface area contributed by atoms with Crippen LogP contribution in [0.2, 0.25) is 0 Å². The first-order valence-corrected chi connectivity index (χ1v) is 31.1. The monoisotopic (exact) mass is 1060 g/mol. The van der Waals surface area contributed by atoms with Crippen LogP contribution in [0.5, 0.6) is 5.75 Å². The van der Waals surface area contributed by atoms with Gasteiger partial charge in [-0.25, -0.2) is 0 Å². The van der Waals surface area contributed by atoms with E-state index in [9.17, 15) is 0 Å². The molecular formula is C76H108N2O. The molecule has 3 heterocycles. The number of nitrogens with zero attached hydrogens (tertiary/aromatic N) is 2. The Balaban J connectivity index is 0.000000153. The summed E-state index contributed by atoms with van der Waals surface area (Å²) in [6.45, 7) is 33.1. The minimum atomic E-state index is 0. The second kappa shape index (κ2) is 30.7. The van der Waals surface area contributed by atoms with Gasteiger partial charge >= 0.3 is 0 Å². The Bertz CT molecular complexity index is 2770. The van der Waals surface area contributed by atoms with E-state index >= 15 is 0 Å². The minimum absolute atomic E-state index is 0. The Labute approximate surface area is 484 Å². The molecule has 0 fully saturated rings. The van der Waals surface area contributed by atoms with Gasteiger partial charge in [0.15, 0.2) is 0 Å². The number of rotatable bonds is 6. The Morgan fingerprint density at radius 3 is 1.41 bits per heavy atom. The van der Waals surface area contributed by atoms with Crippen LogP contribution >= 0.6 is 0 Å². The predicted octanol–water partition coefficient (Wildman–Crippen LogP) is 19.9. The third-order valence-electron chi connectivity index (χ3n) is 18.0. The van der Waals surface area contributed by atoms with Crippen molar-refractivity contribution in [1.82, 2.24) is 9.80 Å². The van der Waals surface area contributed by atoms with Crippen molar-refractivity contribution in [3.63, 3.8) is 0 Å². The van der Waals surface area contributed by atoms with E-state index in [2.05, 4.69) is 234 Å². The lowest BCUT2D eigenvalue weighted by Gasteiger charge is -2.34. The zero-order chi connectivity index (χ0) is 55.9. The molecule has 0 spiro atoms. The van der Waals surface area contributed by atoms with Crippen molar-refractivity contribution in [2.45, 2.75) is 210 Å². The van der Waals surface area contributed by atoms with Gasteiger partial charge < -0.3 is 14.5 Å². The molecule has 0 radical (unpaired) electrons. The lowest BCUT2D eigenvalue weighted by atomic mass is 9.77. The maximum Gasteiger partial charge on any atom is 0.122 e. The van der Waals surface area contributed by atoms with E-state index in [0.29, 0.717) is 23.7 Å². The van der Waals surface area contributed by atoms with Crippen LogP contribution in [-0.4, -0.2) is 43.6 Å². The molecule has 0 amide bonds. The molecule has 0 saturated heterocycles. The third kappa shape index (κ3) is 17.0. The van der Waals surface area contributed by atoms with Crippen LogP contribution in [-0.2, 0) is 51.6 Å². The fourth-order valence-electron chi connectivity index (χ4n) is 13.6. The average molecular weight is 1070 g/mol. The minimum Gasteiger partial charge on any atom is -0.493 e. The Kier molecular flexibility index (Phi) is 24.6. The third-order valence-corrected chi connectivity index (χ3v) is 18.0. The fourth-order valence-corrected chi connectivity index (χ4v) is 13.6. The highest BCUT2D eigenvalue weighted by atomic mass is 16.5. The molecule has 12 rings (SSSR count). The Morgan fingerprint density at radius 2 is 0.823 bits per heavy atom. The first kappa shape index (κ1) is 63.2.